The average molecular weight is 378 g/mol. The summed E-state index contributed by atoms with van der Waals surface area (Å²) in [7, 11) is 2.13. The second-order valence-corrected chi connectivity index (χ2v) is 7.44. The molecule has 0 unspecified atom stereocenters. The largest absolute Gasteiger partial charge is 0.457 e. The van der Waals surface area contributed by atoms with Gasteiger partial charge in [-0.1, -0.05) is 12.1 Å². The van der Waals surface area contributed by atoms with E-state index in [4.69, 9.17) is 4.74 Å². The number of aromatic amines is 1. The van der Waals surface area contributed by atoms with E-state index in [1.807, 2.05) is 42.6 Å². The van der Waals surface area contributed by atoms with Crippen LogP contribution in [0.3, 0.4) is 0 Å². The van der Waals surface area contributed by atoms with Crippen LogP contribution in [0.25, 0.3) is 11.0 Å². The number of H-pyrrole nitrogens is 1. The molecular weight excluding hydrogens is 352 g/mol. The van der Waals surface area contributed by atoms with Crippen molar-refractivity contribution in [2.45, 2.75) is 31.7 Å². The molecule has 0 aliphatic carbocycles. The highest BCUT2D eigenvalue weighted by Crippen LogP contribution is 2.28. The van der Waals surface area contributed by atoms with Gasteiger partial charge in [-0.25, -0.2) is 4.98 Å². The van der Waals surface area contributed by atoms with Crippen LogP contribution in [-0.4, -0.2) is 47.0 Å². The van der Waals surface area contributed by atoms with Crippen molar-refractivity contribution in [3.05, 3.63) is 54.4 Å². The molecular formula is C22H26N4O2. The molecule has 1 aliphatic heterocycles. The van der Waals surface area contributed by atoms with Crippen LogP contribution in [0, 0.1) is 0 Å². The highest BCUT2D eigenvalue weighted by molar-refractivity contribution is 5.82. The molecule has 0 saturated carbocycles. The number of ether oxygens (including phenoxy) is 1. The molecule has 2 N–H and O–H groups in total. The van der Waals surface area contributed by atoms with Gasteiger partial charge in [-0.3, -0.25) is 4.79 Å². The Kier molecular flexibility index (Phi) is 5.58. The van der Waals surface area contributed by atoms with Crippen LogP contribution in [0.2, 0.25) is 0 Å². The van der Waals surface area contributed by atoms with Crippen molar-refractivity contribution >= 4 is 16.9 Å². The van der Waals surface area contributed by atoms with E-state index in [1.165, 1.54) is 0 Å². The summed E-state index contributed by atoms with van der Waals surface area (Å²) in [6.45, 7) is 2.11. The van der Waals surface area contributed by atoms with Crippen LogP contribution in [0.1, 0.15) is 24.8 Å². The third kappa shape index (κ3) is 4.51. The molecule has 1 fully saturated rings. The Morgan fingerprint density at radius 3 is 2.79 bits per heavy atom. The molecule has 1 aliphatic rings. The molecule has 0 atom stereocenters. The second-order valence-electron chi connectivity index (χ2n) is 7.44. The summed E-state index contributed by atoms with van der Waals surface area (Å²) in [5, 5.41) is 4.12. The van der Waals surface area contributed by atoms with E-state index in [0.717, 1.165) is 60.4 Å². The zero-order valence-corrected chi connectivity index (χ0v) is 16.1. The summed E-state index contributed by atoms with van der Waals surface area (Å²) in [6, 6.07) is 12.1. The van der Waals surface area contributed by atoms with Crippen molar-refractivity contribution in [3.63, 3.8) is 0 Å². The Morgan fingerprint density at radius 1 is 1.21 bits per heavy atom. The van der Waals surface area contributed by atoms with Crippen LogP contribution in [0.4, 0.5) is 0 Å². The molecule has 2 aromatic heterocycles. The number of pyridine rings is 1. The van der Waals surface area contributed by atoms with Gasteiger partial charge in [0.15, 0.2) is 0 Å². The van der Waals surface area contributed by atoms with Crippen molar-refractivity contribution in [3.8, 4) is 11.5 Å². The number of hydrogen-bond acceptors (Lipinski definition) is 4. The van der Waals surface area contributed by atoms with Crippen LogP contribution < -0.4 is 10.1 Å². The lowest BCUT2D eigenvalue weighted by molar-refractivity contribution is -0.122. The molecule has 0 radical (unpaired) electrons. The van der Waals surface area contributed by atoms with E-state index < -0.39 is 0 Å². The van der Waals surface area contributed by atoms with E-state index in [1.54, 1.807) is 6.20 Å². The number of carbonyl (C=O) groups is 1. The molecule has 1 saturated heterocycles. The van der Waals surface area contributed by atoms with E-state index in [9.17, 15) is 4.79 Å². The molecule has 28 heavy (non-hydrogen) atoms. The number of aromatic nitrogens is 2. The lowest BCUT2D eigenvalue weighted by Crippen LogP contribution is -2.43. The Labute approximate surface area is 164 Å². The molecule has 1 aromatic carbocycles. The molecule has 1 amide bonds. The number of nitrogens with zero attached hydrogens (tertiary/aromatic N) is 2. The quantitative estimate of drug-likeness (QED) is 0.689. The van der Waals surface area contributed by atoms with E-state index in [-0.39, 0.29) is 5.91 Å². The number of rotatable bonds is 6. The summed E-state index contributed by atoms with van der Waals surface area (Å²) >= 11 is 0. The third-order valence-electron chi connectivity index (χ3n) is 5.30. The van der Waals surface area contributed by atoms with Crippen LogP contribution in [0.5, 0.6) is 11.5 Å². The molecule has 4 rings (SSSR count). The Morgan fingerprint density at radius 2 is 2.00 bits per heavy atom. The van der Waals surface area contributed by atoms with E-state index in [2.05, 4.69) is 27.2 Å². The lowest BCUT2D eigenvalue weighted by atomic mass is 10.0. The number of benzene rings is 1. The molecule has 3 aromatic rings. The Bertz CT molecular complexity index is 927. The monoisotopic (exact) mass is 378 g/mol. The first kappa shape index (κ1) is 18.5. The fraction of sp³-hybridized carbons (Fsp3) is 0.364. The number of carbonyl (C=O) groups excluding carboxylic acids is 1. The van der Waals surface area contributed by atoms with Gasteiger partial charge in [0.05, 0.1) is 5.39 Å². The smallest absolute Gasteiger partial charge is 0.220 e. The summed E-state index contributed by atoms with van der Waals surface area (Å²) in [5.41, 5.74) is 1.94. The molecule has 3 heterocycles. The van der Waals surface area contributed by atoms with Gasteiger partial charge in [-0.2, -0.15) is 0 Å². The number of aryl methyl sites for hydroxylation is 1. The summed E-state index contributed by atoms with van der Waals surface area (Å²) in [4.78, 5) is 21.9. The van der Waals surface area contributed by atoms with Crippen molar-refractivity contribution in [2.24, 2.45) is 0 Å². The van der Waals surface area contributed by atoms with Crippen molar-refractivity contribution in [2.75, 3.05) is 20.1 Å². The van der Waals surface area contributed by atoms with Crippen LogP contribution in [0.15, 0.2) is 48.8 Å². The van der Waals surface area contributed by atoms with Gasteiger partial charge in [-0.05, 0) is 69.2 Å². The predicted octanol–water partition coefficient (Wildman–Crippen LogP) is 3.50. The number of likely N-dealkylation sites (tertiary alicyclic amines) is 1. The minimum Gasteiger partial charge on any atom is -0.457 e. The van der Waals surface area contributed by atoms with Gasteiger partial charge in [-0.15, -0.1) is 0 Å². The lowest BCUT2D eigenvalue weighted by Gasteiger charge is -2.29. The van der Waals surface area contributed by atoms with E-state index in [0.29, 0.717) is 12.5 Å². The van der Waals surface area contributed by atoms with Gasteiger partial charge in [0.1, 0.15) is 17.1 Å². The number of amides is 1. The van der Waals surface area contributed by atoms with Gasteiger partial charge in [0.2, 0.25) is 5.91 Å². The maximum Gasteiger partial charge on any atom is 0.220 e. The van der Waals surface area contributed by atoms with Crippen LogP contribution in [-0.2, 0) is 11.2 Å². The molecule has 0 spiro atoms. The second kappa shape index (κ2) is 8.44. The van der Waals surface area contributed by atoms with Gasteiger partial charge in [0, 0.05) is 24.9 Å². The highest BCUT2D eigenvalue weighted by atomic mass is 16.5. The number of nitrogens with one attached hydrogen (secondary N) is 2. The normalized spacial score (nSPS) is 15.6. The number of piperidine rings is 1. The molecule has 0 bridgehead atoms. The van der Waals surface area contributed by atoms with Crippen molar-refractivity contribution in [1.29, 1.82) is 0 Å². The third-order valence-corrected chi connectivity index (χ3v) is 5.30. The zero-order chi connectivity index (χ0) is 19.3. The number of fused-ring (bicyclic) bond motifs is 1. The average Bonchev–Trinajstić information content (AvgIpc) is 3.19. The molecule has 6 heteroatoms. The predicted molar refractivity (Wildman–Crippen MR) is 110 cm³/mol. The summed E-state index contributed by atoms with van der Waals surface area (Å²) in [5.74, 6) is 1.69. The minimum absolute atomic E-state index is 0.140. The maximum atomic E-state index is 12.2. The van der Waals surface area contributed by atoms with Crippen LogP contribution >= 0.6 is 0 Å². The standard InChI is InChI=1S/C22H26N4O2/c1-26-14-10-17(11-15-26)25-21(27)7-4-16-2-5-18(6-3-16)28-20-9-13-24-22-19(20)8-12-23-22/h2-3,5-6,8-9,12-13,17H,4,7,10-11,14-15H2,1H3,(H,23,24)(H,25,27). The van der Waals surface area contributed by atoms with Crippen molar-refractivity contribution in [1.82, 2.24) is 20.2 Å². The van der Waals surface area contributed by atoms with E-state index >= 15 is 0 Å². The first-order valence-corrected chi connectivity index (χ1v) is 9.84. The fourth-order valence-electron chi connectivity index (χ4n) is 3.59. The Hall–Kier alpha value is -2.86. The fourth-order valence-corrected chi connectivity index (χ4v) is 3.59. The van der Waals surface area contributed by atoms with Crippen molar-refractivity contribution < 1.29 is 9.53 Å². The zero-order valence-electron chi connectivity index (χ0n) is 16.1. The summed E-state index contributed by atoms with van der Waals surface area (Å²) in [6.07, 6.45) is 6.90. The van der Waals surface area contributed by atoms with Gasteiger partial charge >= 0.3 is 0 Å². The first-order chi connectivity index (χ1) is 13.7. The molecule has 146 valence electrons. The SMILES string of the molecule is CN1CCC(NC(=O)CCc2ccc(Oc3ccnc4[nH]ccc34)cc2)CC1. The highest BCUT2D eigenvalue weighted by Gasteiger charge is 2.18. The molecule has 6 nitrogen and oxygen atoms in total. The maximum absolute atomic E-state index is 12.2. The van der Waals surface area contributed by atoms with Gasteiger partial charge in [0.25, 0.3) is 0 Å². The topological polar surface area (TPSA) is 70.2 Å². The summed E-state index contributed by atoms with van der Waals surface area (Å²) < 4.78 is 6.00. The minimum atomic E-state index is 0.140. The Balaban J connectivity index is 1.29. The van der Waals surface area contributed by atoms with Gasteiger partial charge < -0.3 is 19.9 Å². The number of hydrogen-bond donors (Lipinski definition) is 2. The first-order valence-electron chi connectivity index (χ1n) is 9.84.